The van der Waals surface area contributed by atoms with Gasteiger partial charge >= 0.3 is 6.03 Å². The number of nitrogens with one attached hydrogen (secondary N) is 1. The van der Waals surface area contributed by atoms with Gasteiger partial charge in [-0.05, 0) is 44.4 Å². The lowest BCUT2D eigenvalue weighted by Crippen LogP contribution is -2.41. The van der Waals surface area contributed by atoms with Crippen molar-refractivity contribution < 1.29 is 19.1 Å². The highest BCUT2D eigenvalue weighted by Crippen LogP contribution is 2.30. The SMILES string of the molecule is Cc1ccc(C2(C)NC(=O)N(CC(O)CCc3ccccc3)C2=O)o1. The Kier molecular flexibility index (Phi) is 4.63. The fourth-order valence-corrected chi connectivity index (χ4v) is 3.01. The number of aryl methyl sites for hydroxylation is 2. The smallest absolute Gasteiger partial charge is 0.325 e. The van der Waals surface area contributed by atoms with Crippen LogP contribution < -0.4 is 5.32 Å². The van der Waals surface area contributed by atoms with E-state index in [1.54, 1.807) is 26.0 Å². The Morgan fingerprint density at radius 2 is 1.92 bits per heavy atom. The molecule has 6 nitrogen and oxygen atoms in total. The van der Waals surface area contributed by atoms with Gasteiger partial charge in [0.15, 0.2) is 5.54 Å². The molecule has 1 aromatic carbocycles. The average Bonchev–Trinajstić information content (AvgIpc) is 3.12. The highest BCUT2D eigenvalue weighted by atomic mass is 16.3. The molecular formula is C19H22N2O4. The number of nitrogens with zero attached hydrogens (tertiary/aromatic N) is 1. The van der Waals surface area contributed by atoms with Crippen molar-refractivity contribution in [3.05, 3.63) is 59.5 Å². The molecule has 1 fully saturated rings. The fraction of sp³-hybridized carbons (Fsp3) is 0.368. The summed E-state index contributed by atoms with van der Waals surface area (Å²) in [6.07, 6.45) is 0.369. The molecule has 25 heavy (non-hydrogen) atoms. The van der Waals surface area contributed by atoms with Gasteiger partial charge in [-0.3, -0.25) is 9.69 Å². The molecule has 2 atom stereocenters. The minimum absolute atomic E-state index is 0.0349. The third-order valence-electron chi connectivity index (χ3n) is 4.51. The number of aliphatic hydroxyl groups excluding tert-OH is 1. The summed E-state index contributed by atoms with van der Waals surface area (Å²) in [5, 5.41) is 12.9. The molecule has 2 aromatic rings. The average molecular weight is 342 g/mol. The molecule has 6 heteroatoms. The lowest BCUT2D eigenvalue weighted by molar-refractivity contribution is -0.132. The van der Waals surface area contributed by atoms with Crippen LogP contribution in [0.25, 0.3) is 0 Å². The van der Waals surface area contributed by atoms with Crippen molar-refractivity contribution in [2.24, 2.45) is 0 Å². The van der Waals surface area contributed by atoms with Crippen molar-refractivity contribution in [1.29, 1.82) is 0 Å². The molecule has 1 saturated heterocycles. The predicted molar refractivity (Wildman–Crippen MR) is 91.8 cm³/mol. The molecule has 0 bridgehead atoms. The highest BCUT2D eigenvalue weighted by Gasteiger charge is 2.51. The Hall–Kier alpha value is -2.60. The second-order valence-corrected chi connectivity index (χ2v) is 6.56. The van der Waals surface area contributed by atoms with Crippen molar-refractivity contribution in [3.8, 4) is 0 Å². The lowest BCUT2D eigenvalue weighted by Gasteiger charge is -2.20. The zero-order valence-corrected chi connectivity index (χ0v) is 14.4. The molecule has 0 radical (unpaired) electrons. The zero-order chi connectivity index (χ0) is 18.0. The van der Waals surface area contributed by atoms with Crippen LogP contribution in [0.3, 0.4) is 0 Å². The van der Waals surface area contributed by atoms with E-state index < -0.39 is 23.6 Å². The topological polar surface area (TPSA) is 82.8 Å². The second kappa shape index (κ2) is 6.72. The number of imide groups is 1. The third-order valence-corrected chi connectivity index (χ3v) is 4.51. The van der Waals surface area contributed by atoms with E-state index in [-0.39, 0.29) is 6.54 Å². The van der Waals surface area contributed by atoms with Crippen LogP contribution in [0.5, 0.6) is 0 Å². The highest BCUT2D eigenvalue weighted by molar-refractivity contribution is 6.06. The number of carbonyl (C=O) groups excluding carboxylic acids is 2. The number of hydrogen-bond donors (Lipinski definition) is 2. The number of hydrogen-bond acceptors (Lipinski definition) is 4. The van der Waals surface area contributed by atoms with E-state index in [1.807, 2.05) is 30.3 Å². The van der Waals surface area contributed by atoms with Crippen LogP contribution in [0.15, 0.2) is 46.9 Å². The van der Waals surface area contributed by atoms with E-state index in [1.165, 1.54) is 0 Å². The summed E-state index contributed by atoms with van der Waals surface area (Å²) in [5.74, 6) is 0.648. The number of β-amino-alcohol motifs (C(OH)–C–C–N with tert-alkyl or cyclic N) is 1. The fourth-order valence-electron chi connectivity index (χ4n) is 3.01. The van der Waals surface area contributed by atoms with Crippen LogP contribution in [0.4, 0.5) is 4.79 Å². The van der Waals surface area contributed by atoms with E-state index in [9.17, 15) is 14.7 Å². The van der Waals surface area contributed by atoms with Gasteiger partial charge in [-0.25, -0.2) is 4.79 Å². The van der Waals surface area contributed by atoms with Crippen molar-refractivity contribution in [3.63, 3.8) is 0 Å². The van der Waals surface area contributed by atoms with Gasteiger partial charge in [-0.2, -0.15) is 0 Å². The molecule has 0 aliphatic carbocycles. The molecule has 0 spiro atoms. The van der Waals surface area contributed by atoms with Gasteiger partial charge in [0.25, 0.3) is 5.91 Å². The molecular weight excluding hydrogens is 320 g/mol. The van der Waals surface area contributed by atoms with Gasteiger partial charge < -0.3 is 14.8 Å². The molecule has 2 unspecified atom stereocenters. The van der Waals surface area contributed by atoms with Crippen LogP contribution >= 0.6 is 0 Å². The Balaban J connectivity index is 1.64. The molecule has 2 N–H and O–H groups in total. The molecule has 1 aliphatic heterocycles. The first-order valence-electron chi connectivity index (χ1n) is 8.33. The van der Waals surface area contributed by atoms with Crippen molar-refractivity contribution in [1.82, 2.24) is 10.2 Å². The standard InChI is InChI=1S/C19H22N2O4/c1-13-8-11-16(25-13)19(2)17(23)21(18(24)20-19)12-15(22)10-9-14-6-4-3-5-7-14/h3-8,11,15,22H,9-10,12H2,1-2H3,(H,20,24). The van der Waals surface area contributed by atoms with Gasteiger partial charge in [-0.1, -0.05) is 30.3 Å². The van der Waals surface area contributed by atoms with Crippen LogP contribution in [-0.2, 0) is 16.8 Å². The second-order valence-electron chi connectivity index (χ2n) is 6.56. The van der Waals surface area contributed by atoms with E-state index in [0.717, 1.165) is 10.5 Å². The normalized spacial score (nSPS) is 21.5. The van der Waals surface area contributed by atoms with Crippen molar-refractivity contribution in [2.75, 3.05) is 6.54 Å². The zero-order valence-electron chi connectivity index (χ0n) is 14.4. The minimum atomic E-state index is -1.23. The summed E-state index contributed by atoms with van der Waals surface area (Å²) in [4.78, 5) is 26.0. The Morgan fingerprint density at radius 1 is 1.20 bits per heavy atom. The quantitative estimate of drug-likeness (QED) is 0.790. The van der Waals surface area contributed by atoms with Crippen molar-refractivity contribution in [2.45, 2.75) is 38.3 Å². The summed E-state index contributed by atoms with van der Waals surface area (Å²) in [5.41, 5.74) is -0.125. The maximum Gasteiger partial charge on any atom is 0.325 e. The Labute approximate surface area is 146 Å². The number of benzene rings is 1. The molecule has 1 aromatic heterocycles. The monoisotopic (exact) mass is 342 g/mol. The van der Waals surface area contributed by atoms with Gasteiger partial charge in [0.05, 0.1) is 12.6 Å². The third kappa shape index (κ3) is 3.44. The first-order valence-corrected chi connectivity index (χ1v) is 8.33. The van der Waals surface area contributed by atoms with Gasteiger partial charge in [0, 0.05) is 0 Å². The number of rotatable bonds is 6. The van der Waals surface area contributed by atoms with Gasteiger partial charge in [-0.15, -0.1) is 0 Å². The van der Waals surface area contributed by atoms with E-state index in [2.05, 4.69) is 5.32 Å². The first-order chi connectivity index (χ1) is 11.9. The molecule has 3 amide bonds. The number of carbonyl (C=O) groups is 2. The lowest BCUT2D eigenvalue weighted by atomic mass is 9.99. The summed E-state index contributed by atoms with van der Waals surface area (Å²) in [6, 6.07) is 12.7. The molecule has 132 valence electrons. The Morgan fingerprint density at radius 3 is 2.56 bits per heavy atom. The molecule has 3 rings (SSSR count). The maximum atomic E-state index is 12.7. The summed E-state index contributed by atoms with van der Waals surface area (Å²) in [6.45, 7) is 3.36. The van der Waals surface area contributed by atoms with E-state index in [0.29, 0.717) is 24.4 Å². The minimum Gasteiger partial charge on any atom is -0.463 e. The molecule has 0 saturated carbocycles. The van der Waals surface area contributed by atoms with Gasteiger partial charge in [0.2, 0.25) is 0 Å². The predicted octanol–water partition coefficient (Wildman–Crippen LogP) is 2.35. The summed E-state index contributed by atoms with van der Waals surface area (Å²) < 4.78 is 5.52. The number of urea groups is 1. The maximum absolute atomic E-state index is 12.7. The van der Waals surface area contributed by atoms with Crippen molar-refractivity contribution >= 4 is 11.9 Å². The van der Waals surface area contributed by atoms with Crippen LogP contribution in [0.2, 0.25) is 0 Å². The van der Waals surface area contributed by atoms with Gasteiger partial charge in [0.1, 0.15) is 11.5 Å². The van der Waals surface area contributed by atoms with Crippen LogP contribution in [-0.4, -0.2) is 34.6 Å². The summed E-state index contributed by atoms with van der Waals surface area (Å²) in [7, 11) is 0. The first kappa shape index (κ1) is 17.2. The Bertz CT molecular complexity index is 771. The van der Waals surface area contributed by atoms with E-state index in [4.69, 9.17) is 4.42 Å². The van der Waals surface area contributed by atoms with Crippen LogP contribution in [0, 0.1) is 6.92 Å². The molecule has 1 aliphatic rings. The van der Waals surface area contributed by atoms with Crippen LogP contribution in [0.1, 0.15) is 30.4 Å². The number of amides is 3. The largest absolute Gasteiger partial charge is 0.463 e. The molecule has 2 heterocycles. The number of aliphatic hydroxyl groups is 1. The summed E-state index contributed by atoms with van der Waals surface area (Å²) >= 11 is 0. The van der Waals surface area contributed by atoms with E-state index >= 15 is 0 Å². The number of furan rings is 1.